The number of terminal acetylenes is 1. The molecule has 2 N–H and O–H groups in total. The lowest BCUT2D eigenvalue weighted by Gasteiger charge is -2.12. The van der Waals surface area contributed by atoms with Crippen LogP contribution in [0.2, 0.25) is 0 Å². The third-order valence-electron chi connectivity index (χ3n) is 2.24. The number of hydrogen-bond acceptors (Lipinski definition) is 4. The van der Waals surface area contributed by atoms with Crippen LogP contribution in [0.25, 0.3) is 0 Å². The lowest BCUT2D eigenvalue weighted by atomic mass is 10.2. The summed E-state index contributed by atoms with van der Waals surface area (Å²) in [4.78, 5) is 11.4. The molecule has 1 aromatic rings. The SMILES string of the molecule is C#CCNC(=O)COc1ccc(CO)cc1OCC. The van der Waals surface area contributed by atoms with Crippen molar-refractivity contribution in [2.24, 2.45) is 0 Å². The number of amides is 1. The highest BCUT2D eigenvalue weighted by atomic mass is 16.5. The van der Waals surface area contributed by atoms with E-state index in [-0.39, 0.29) is 25.7 Å². The quantitative estimate of drug-likeness (QED) is 0.711. The second-order valence-corrected chi connectivity index (χ2v) is 3.64. The summed E-state index contributed by atoms with van der Waals surface area (Å²) >= 11 is 0. The smallest absolute Gasteiger partial charge is 0.258 e. The maximum atomic E-state index is 11.4. The minimum Gasteiger partial charge on any atom is -0.490 e. The third kappa shape index (κ3) is 4.90. The normalized spacial score (nSPS) is 9.53. The first-order chi connectivity index (χ1) is 9.21. The van der Waals surface area contributed by atoms with E-state index in [1.54, 1.807) is 18.2 Å². The van der Waals surface area contributed by atoms with Crippen LogP contribution in [0.1, 0.15) is 12.5 Å². The fourth-order valence-electron chi connectivity index (χ4n) is 1.38. The molecular formula is C14H17NO4. The van der Waals surface area contributed by atoms with Gasteiger partial charge in [0.25, 0.3) is 5.91 Å². The Morgan fingerprint density at radius 1 is 1.42 bits per heavy atom. The summed E-state index contributed by atoms with van der Waals surface area (Å²) < 4.78 is 10.8. The molecule has 5 heteroatoms. The summed E-state index contributed by atoms with van der Waals surface area (Å²) in [6.45, 7) is 2.26. The van der Waals surface area contributed by atoms with Gasteiger partial charge in [-0.2, -0.15) is 0 Å². The number of benzene rings is 1. The fourth-order valence-corrected chi connectivity index (χ4v) is 1.38. The number of rotatable bonds is 7. The van der Waals surface area contributed by atoms with Crippen LogP contribution in [-0.2, 0) is 11.4 Å². The number of aliphatic hydroxyl groups excluding tert-OH is 1. The summed E-state index contributed by atoms with van der Waals surface area (Å²) in [6, 6.07) is 5.04. The topological polar surface area (TPSA) is 67.8 Å². The van der Waals surface area contributed by atoms with E-state index in [0.29, 0.717) is 23.7 Å². The molecule has 0 atom stereocenters. The van der Waals surface area contributed by atoms with E-state index in [4.69, 9.17) is 21.0 Å². The molecule has 0 fully saturated rings. The first-order valence-electron chi connectivity index (χ1n) is 5.90. The van der Waals surface area contributed by atoms with Gasteiger partial charge in [0, 0.05) is 0 Å². The van der Waals surface area contributed by atoms with Crippen molar-refractivity contribution in [3.8, 4) is 23.8 Å². The molecule has 0 heterocycles. The second-order valence-electron chi connectivity index (χ2n) is 3.64. The number of aliphatic hydroxyl groups is 1. The molecule has 0 aliphatic rings. The van der Waals surface area contributed by atoms with Gasteiger partial charge in [-0.15, -0.1) is 6.42 Å². The van der Waals surface area contributed by atoms with Crippen molar-refractivity contribution in [1.82, 2.24) is 5.32 Å². The lowest BCUT2D eigenvalue weighted by molar-refractivity contribution is -0.122. The van der Waals surface area contributed by atoms with Crippen molar-refractivity contribution < 1.29 is 19.4 Å². The Bertz CT molecular complexity index is 465. The van der Waals surface area contributed by atoms with E-state index in [9.17, 15) is 4.79 Å². The van der Waals surface area contributed by atoms with Crippen LogP contribution in [0.3, 0.4) is 0 Å². The number of nitrogens with one attached hydrogen (secondary N) is 1. The number of ether oxygens (including phenoxy) is 2. The Morgan fingerprint density at radius 2 is 2.21 bits per heavy atom. The first-order valence-corrected chi connectivity index (χ1v) is 5.90. The monoisotopic (exact) mass is 263 g/mol. The highest BCUT2D eigenvalue weighted by Gasteiger charge is 2.08. The van der Waals surface area contributed by atoms with Crippen LogP contribution in [0.15, 0.2) is 18.2 Å². The minimum absolute atomic E-state index is 0.0803. The van der Waals surface area contributed by atoms with Crippen molar-refractivity contribution >= 4 is 5.91 Å². The summed E-state index contributed by atoms with van der Waals surface area (Å²) in [5.41, 5.74) is 0.715. The van der Waals surface area contributed by atoms with Crippen LogP contribution in [0.5, 0.6) is 11.5 Å². The van der Waals surface area contributed by atoms with Gasteiger partial charge in [-0.3, -0.25) is 4.79 Å². The zero-order valence-corrected chi connectivity index (χ0v) is 10.8. The van der Waals surface area contributed by atoms with Gasteiger partial charge in [0.1, 0.15) is 0 Å². The molecule has 0 aliphatic carbocycles. The van der Waals surface area contributed by atoms with Gasteiger partial charge in [0.15, 0.2) is 18.1 Å². The third-order valence-corrected chi connectivity index (χ3v) is 2.24. The highest BCUT2D eigenvalue weighted by molar-refractivity contribution is 5.77. The molecule has 1 aromatic carbocycles. The molecule has 0 unspecified atom stereocenters. The van der Waals surface area contributed by atoms with Gasteiger partial charge >= 0.3 is 0 Å². The zero-order chi connectivity index (χ0) is 14.1. The molecule has 1 rings (SSSR count). The molecule has 0 spiro atoms. The van der Waals surface area contributed by atoms with Crippen molar-refractivity contribution in [1.29, 1.82) is 0 Å². The molecule has 1 amide bonds. The Hall–Kier alpha value is -2.19. The van der Waals surface area contributed by atoms with Crippen LogP contribution in [0.4, 0.5) is 0 Å². The van der Waals surface area contributed by atoms with Gasteiger partial charge in [0.05, 0.1) is 19.8 Å². The zero-order valence-electron chi connectivity index (χ0n) is 10.8. The van der Waals surface area contributed by atoms with Crippen molar-refractivity contribution in [3.05, 3.63) is 23.8 Å². The second kappa shape index (κ2) is 8.01. The first kappa shape index (κ1) is 14.9. The largest absolute Gasteiger partial charge is 0.490 e. The standard InChI is InChI=1S/C14H17NO4/c1-3-7-15-14(17)10-19-12-6-5-11(9-16)8-13(12)18-4-2/h1,5-6,8,16H,4,7,9-10H2,2H3,(H,15,17). The molecule has 0 bridgehead atoms. The number of hydrogen-bond donors (Lipinski definition) is 2. The van der Waals surface area contributed by atoms with E-state index in [0.717, 1.165) is 0 Å². The molecule has 102 valence electrons. The Labute approximate surface area is 112 Å². The van der Waals surface area contributed by atoms with Gasteiger partial charge < -0.3 is 19.9 Å². The van der Waals surface area contributed by atoms with Gasteiger partial charge in [-0.1, -0.05) is 12.0 Å². The number of carbonyl (C=O) groups excluding carboxylic acids is 1. The van der Waals surface area contributed by atoms with Crippen molar-refractivity contribution in [3.63, 3.8) is 0 Å². The maximum absolute atomic E-state index is 11.4. The van der Waals surface area contributed by atoms with Crippen molar-refractivity contribution in [2.45, 2.75) is 13.5 Å². The van der Waals surface area contributed by atoms with E-state index in [2.05, 4.69) is 11.2 Å². The number of carbonyl (C=O) groups is 1. The predicted octanol–water partition coefficient (Wildman–Crippen LogP) is 0.706. The fraction of sp³-hybridized carbons (Fsp3) is 0.357. The lowest BCUT2D eigenvalue weighted by Crippen LogP contribution is -2.29. The molecule has 0 aliphatic heterocycles. The Morgan fingerprint density at radius 3 is 2.84 bits per heavy atom. The minimum atomic E-state index is -0.299. The van der Waals surface area contributed by atoms with Crippen LogP contribution in [-0.4, -0.2) is 30.8 Å². The Balaban J connectivity index is 2.66. The van der Waals surface area contributed by atoms with E-state index in [1.165, 1.54) is 0 Å². The Kier molecular flexibility index (Phi) is 6.27. The highest BCUT2D eigenvalue weighted by Crippen LogP contribution is 2.28. The van der Waals surface area contributed by atoms with Gasteiger partial charge in [0.2, 0.25) is 0 Å². The van der Waals surface area contributed by atoms with E-state index < -0.39 is 0 Å². The average molecular weight is 263 g/mol. The molecule has 19 heavy (non-hydrogen) atoms. The summed E-state index contributed by atoms with van der Waals surface area (Å²) in [5.74, 6) is 2.96. The maximum Gasteiger partial charge on any atom is 0.258 e. The van der Waals surface area contributed by atoms with Crippen LogP contribution < -0.4 is 14.8 Å². The summed E-state index contributed by atoms with van der Waals surface area (Å²) in [7, 11) is 0. The molecular weight excluding hydrogens is 246 g/mol. The molecule has 0 saturated heterocycles. The summed E-state index contributed by atoms with van der Waals surface area (Å²) in [5, 5.41) is 11.6. The van der Waals surface area contributed by atoms with Gasteiger partial charge in [-0.25, -0.2) is 0 Å². The van der Waals surface area contributed by atoms with E-state index >= 15 is 0 Å². The molecule has 0 aromatic heterocycles. The molecule has 0 radical (unpaired) electrons. The molecule has 5 nitrogen and oxygen atoms in total. The average Bonchev–Trinajstić information content (AvgIpc) is 2.43. The summed E-state index contributed by atoms with van der Waals surface area (Å²) in [6.07, 6.45) is 5.03. The van der Waals surface area contributed by atoms with Crippen LogP contribution >= 0.6 is 0 Å². The van der Waals surface area contributed by atoms with E-state index in [1.807, 2.05) is 6.92 Å². The van der Waals surface area contributed by atoms with Crippen LogP contribution in [0, 0.1) is 12.3 Å². The molecule has 0 saturated carbocycles. The van der Waals surface area contributed by atoms with Crippen molar-refractivity contribution in [2.75, 3.05) is 19.8 Å². The predicted molar refractivity (Wildman–Crippen MR) is 70.9 cm³/mol. The van der Waals surface area contributed by atoms with Gasteiger partial charge in [-0.05, 0) is 24.6 Å².